The Morgan fingerprint density at radius 2 is 1.03 bits per heavy atom. The van der Waals surface area contributed by atoms with E-state index in [-0.39, 0.29) is 34.6 Å². The van der Waals surface area contributed by atoms with Gasteiger partial charge in [0.05, 0.1) is 58.0 Å². The highest BCUT2D eigenvalue weighted by Crippen LogP contribution is 2.65. The van der Waals surface area contributed by atoms with Gasteiger partial charge in [0.2, 0.25) is 0 Å². The molecule has 0 aromatic rings. The second kappa shape index (κ2) is 9.57. The summed E-state index contributed by atoms with van der Waals surface area (Å²) in [4.78, 5) is 0. The molecule has 0 N–H and O–H groups in total. The van der Waals surface area contributed by atoms with E-state index in [1.807, 2.05) is 21.3 Å². The summed E-state index contributed by atoms with van der Waals surface area (Å²) in [5.74, 6) is 2.75. The van der Waals surface area contributed by atoms with Crippen molar-refractivity contribution in [2.45, 2.75) is 71.2 Å². The second-order valence-electron chi connectivity index (χ2n) is 12.3. The van der Waals surface area contributed by atoms with Crippen molar-refractivity contribution in [3.05, 3.63) is 0 Å². The van der Waals surface area contributed by atoms with Crippen molar-refractivity contribution in [3.8, 4) is 0 Å². The van der Waals surface area contributed by atoms with Crippen LogP contribution in [0.4, 0.5) is 0 Å². The molecule has 3 heterocycles. The molecule has 2 saturated carbocycles. The maximum Gasteiger partial charge on any atom is 0.0706 e. The Morgan fingerprint density at radius 1 is 0.618 bits per heavy atom. The normalized spacial score (nSPS) is 39.5. The van der Waals surface area contributed by atoms with Gasteiger partial charge in [-0.25, -0.2) is 0 Å². The molecule has 2 bridgehead atoms. The summed E-state index contributed by atoms with van der Waals surface area (Å²) >= 11 is 0. The molecule has 0 aromatic carbocycles. The van der Waals surface area contributed by atoms with E-state index in [2.05, 4.69) is 20.8 Å². The third-order valence-electron chi connectivity index (χ3n) is 11.3. The highest BCUT2D eigenvalue weighted by Gasteiger charge is 2.67. The van der Waals surface area contributed by atoms with E-state index in [4.69, 9.17) is 28.4 Å². The lowest BCUT2D eigenvalue weighted by Crippen LogP contribution is -2.63. The number of hydrogen-bond acceptors (Lipinski definition) is 6. The van der Waals surface area contributed by atoms with Gasteiger partial charge >= 0.3 is 0 Å². The molecule has 2 aliphatic carbocycles. The van der Waals surface area contributed by atoms with Gasteiger partial charge in [-0.2, -0.15) is 0 Å². The van der Waals surface area contributed by atoms with E-state index in [1.165, 1.54) is 12.8 Å². The van der Waals surface area contributed by atoms with Gasteiger partial charge in [-0.15, -0.1) is 0 Å². The average molecular weight is 481 g/mol. The molecule has 0 radical (unpaired) electrons. The van der Waals surface area contributed by atoms with Crippen LogP contribution in [0, 0.1) is 45.8 Å². The summed E-state index contributed by atoms with van der Waals surface area (Å²) in [6.45, 7) is 11.9. The van der Waals surface area contributed by atoms with Crippen LogP contribution in [0.15, 0.2) is 0 Å². The maximum atomic E-state index is 6.49. The van der Waals surface area contributed by atoms with E-state index in [0.717, 1.165) is 58.9 Å². The minimum absolute atomic E-state index is 0.116. The maximum absolute atomic E-state index is 6.49. The highest BCUT2D eigenvalue weighted by atomic mass is 16.5. The Hall–Kier alpha value is -0.240. The Morgan fingerprint density at radius 3 is 1.38 bits per heavy atom. The Kier molecular flexibility index (Phi) is 7.15. The third kappa shape index (κ3) is 3.49. The Bertz CT molecular complexity index is 682. The van der Waals surface area contributed by atoms with Crippen molar-refractivity contribution >= 4 is 0 Å². The fourth-order valence-electron chi connectivity index (χ4n) is 9.04. The average Bonchev–Trinajstić information content (AvgIpc) is 3.34. The smallest absolute Gasteiger partial charge is 0.0706 e. The third-order valence-corrected chi connectivity index (χ3v) is 11.3. The second-order valence-corrected chi connectivity index (χ2v) is 12.3. The van der Waals surface area contributed by atoms with Crippen LogP contribution >= 0.6 is 0 Å². The zero-order valence-corrected chi connectivity index (χ0v) is 22.3. The van der Waals surface area contributed by atoms with E-state index < -0.39 is 0 Å². The molecule has 0 amide bonds. The fourth-order valence-corrected chi connectivity index (χ4v) is 9.04. The largest absolute Gasteiger partial charge is 0.380 e. The van der Waals surface area contributed by atoms with E-state index in [9.17, 15) is 0 Å². The summed E-state index contributed by atoms with van der Waals surface area (Å²) in [6.07, 6.45) is 6.47. The summed E-state index contributed by atoms with van der Waals surface area (Å²) < 4.78 is 36.6. The number of rotatable bonds is 12. The van der Waals surface area contributed by atoms with E-state index >= 15 is 0 Å². The van der Waals surface area contributed by atoms with Crippen LogP contribution in [-0.2, 0) is 28.4 Å². The molecule has 196 valence electrons. The molecule has 0 spiro atoms. The molecule has 6 heteroatoms. The Labute approximate surface area is 206 Å². The van der Waals surface area contributed by atoms with Crippen LogP contribution in [0.2, 0.25) is 0 Å². The molecule has 0 aromatic heterocycles. The van der Waals surface area contributed by atoms with Gasteiger partial charge in [0, 0.05) is 37.6 Å². The number of ether oxygens (including phenoxy) is 6. The molecule has 8 unspecified atom stereocenters. The molecular formula is C28H48O6. The van der Waals surface area contributed by atoms with Crippen LogP contribution < -0.4 is 0 Å². The fraction of sp³-hybridized carbons (Fsp3) is 1.00. The van der Waals surface area contributed by atoms with E-state index in [1.54, 1.807) is 0 Å². The van der Waals surface area contributed by atoms with Crippen molar-refractivity contribution in [1.82, 2.24) is 0 Å². The SMILES string of the molecule is CCC1(C(OC)C2CC3CC2C(C(OC)C2(CC)COC2)C3C(OC)C2(CC)COC2)COC1. The van der Waals surface area contributed by atoms with Gasteiger partial charge in [-0.1, -0.05) is 20.8 Å². The quantitative estimate of drug-likeness (QED) is 0.417. The minimum Gasteiger partial charge on any atom is -0.380 e. The first-order chi connectivity index (χ1) is 16.5. The zero-order valence-electron chi connectivity index (χ0n) is 22.3. The topological polar surface area (TPSA) is 55.4 Å². The van der Waals surface area contributed by atoms with Gasteiger partial charge in [0.15, 0.2) is 0 Å². The number of fused-ring (bicyclic) bond motifs is 2. The van der Waals surface area contributed by atoms with Gasteiger partial charge in [-0.3, -0.25) is 0 Å². The molecule has 34 heavy (non-hydrogen) atoms. The molecule has 3 aliphatic heterocycles. The van der Waals surface area contributed by atoms with Crippen LogP contribution in [0.25, 0.3) is 0 Å². The van der Waals surface area contributed by atoms with Crippen LogP contribution in [0.3, 0.4) is 0 Å². The van der Waals surface area contributed by atoms with Crippen molar-refractivity contribution in [1.29, 1.82) is 0 Å². The van der Waals surface area contributed by atoms with Gasteiger partial charge in [-0.05, 0) is 61.7 Å². The van der Waals surface area contributed by atoms with Crippen molar-refractivity contribution in [2.75, 3.05) is 61.0 Å². The van der Waals surface area contributed by atoms with Crippen LogP contribution in [-0.4, -0.2) is 79.3 Å². The molecular weight excluding hydrogens is 432 g/mol. The molecule has 5 rings (SSSR count). The van der Waals surface area contributed by atoms with Gasteiger partial charge in [0.25, 0.3) is 0 Å². The molecule has 5 aliphatic rings. The summed E-state index contributed by atoms with van der Waals surface area (Å²) in [5.41, 5.74) is 0.422. The van der Waals surface area contributed by atoms with Crippen molar-refractivity contribution in [3.63, 3.8) is 0 Å². The monoisotopic (exact) mass is 480 g/mol. The lowest BCUT2D eigenvalue weighted by molar-refractivity contribution is -0.248. The number of methoxy groups -OCH3 is 3. The summed E-state index contributed by atoms with van der Waals surface area (Å²) in [6, 6.07) is 0. The molecule has 6 nitrogen and oxygen atoms in total. The lowest BCUT2D eigenvalue weighted by atomic mass is 9.56. The summed E-state index contributed by atoms with van der Waals surface area (Å²) in [7, 11) is 5.79. The van der Waals surface area contributed by atoms with Crippen molar-refractivity contribution in [2.24, 2.45) is 45.8 Å². The standard InChI is InChI=1S/C28H48O6/c1-7-26(12-32-13-26)23(29-4)20-11-18-10-19(20)22(25(31-6)28(9-3)16-34-17-28)21(18)24(30-5)27(8-2)14-33-15-27/h18-25H,7-17H2,1-6H3. The minimum atomic E-state index is 0.116. The Balaban J connectivity index is 1.51. The predicted octanol–water partition coefficient (Wildman–Crippen LogP) is 4.20. The first-order valence-corrected chi connectivity index (χ1v) is 13.8. The van der Waals surface area contributed by atoms with Gasteiger partial charge < -0.3 is 28.4 Å². The van der Waals surface area contributed by atoms with Gasteiger partial charge in [0.1, 0.15) is 0 Å². The van der Waals surface area contributed by atoms with E-state index in [0.29, 0.717) is 29.6 Å². The molecule has 3 saturated heterocycles. The number of hydrogen-bond donors (Lipinski definition) is 0. The lowest BCUT2D eigenvalue weighted by Gasteiger charge is -2.57. The molecule has 5 fully saturated rings. The molecule has 8 atom stereocenters. The highest BCUT2D eigenvalue weighted by molar-refractivity contribution is 5.14. The summed E-state index contributed by atoms with van der Waals surface area (Å²) in [5, 5.41) is 0. The zero-order chi connectivity index (χ0) is 24.1. The van der Waals surface area contributed by atoms with Crippen LogP contribution in [0.5, 0.6) is 0 Å². The van der Waals surface area contributed by atoms with Crippen LogP contribution in [0.1, 0.15) is 52.9 Å². The first kappa shape index (κ1) is 25.4. The first-order valence-electron chi connectivity index (χ1n) is 13.8. The predicted molar refractivity (Wildman–Crippen MR) is 130 cm³/mol. The van der Waals surface area contributed by atoms with Crippen molar-refractivity contribution < 1.29 is 28.4 Å².